The largest absolute Gasteiger partial charge is 0.508 e. The summed E-state index contributed by atoms with van der Waals surface area (Å²) < 4.78 is 4.60. The molecule has 0 amide bonds. The molecule has 1 aromatic carbocycles. The minimum atomic E-state index is -1.26. The van der Waals surface area contributed by atoms with E-state index in [4.69, 9.17) is 5.11 Å². The molecule has 2 rings (SSSR count). The molecule has 0 spiro atoms. The molecule has 0 aliphatic heterocycles. The van der Waals surface area contributed by atoms with Crippen LogP contribution in [0.4, 0.5) is 5.69 Å². The van der Waals surface area contributed by atoms with E-state index in [-0.39, 0.29) is 16.7 Å². The minimum absolute atomic E-state index is 0.0101. The second kappa shape index (κ2) is 3.23. The van der Waals surface area contributed by atoms with Gasteiger partial charge in [-0.1, -0.05) is 0 Å². The molecule has 0 unspecified atom stereocenters. The highest BCUT2D eigenvalue weighted by Gasteiger charge is 2.24. The maximum absolute atomic E-state index is 11.2. The Bertz CT molecular complexity index is 644. The molecular weight excluding hydrogens is 218 g/mol. The standard InChI is InChI=1S/C9H5NO6/c11-4-1-2-5-6(3-4)16-9(13)7(8(5)12)10(14)15/h1-3,11-12H. The lowest BCUT2D eigenvalue weighted by molar-refractivity contribution is -0.388. The number of nitrogens with zero attached hydrogens (tertiary/aromatic N) is 1. The van der Waals surface area contributed by atoms with Crippen molar-refractivity contribution in [1.29, 1.82) is 0 Å². The number of hydrogen-bond acceptors (Lipinski definition) is 6. The Morgan fingerprint density at radius 3 is 2.62 bits per heavy atom. The third kappa shape index (κ3) is 1.34. The first-order valence-electron chi connectivity index (χ1n) is 4.14. The highest BCUT2D eigenvalue weighted by atomic mass is 16.6. The first kappa shape index (κ1) is 9.97. The zero-order chi connectivity index (χ0) is 11.9. The number of phenolic OH excluding ortho intramolecular Hbond substituents is 1. The van der Waals surface area contributed by atoms with Gasteiger partial charge in [0.1, 0.15) is 11.3 Å². The van der Waals surface area contributed by atoms with E-state index < -0.39 is 22.0 Å². The van der Waals surface area contributed by atoms with Crippen molar-refractivity contribution in [3.05, 3.63) is 38.7 Å². The average molecular weight is 223 g/mol. The SMILES string of the molecule is O=c1oc2cc(O)ccc2c(O)c1[N+](=O)[O-]. The predicted octanol–water partition coefficient (Wildman–Crippen LogP) is 1.11. The van der Waals surface area contributed by atoms with E-state index in [0.717, 1.165) is 6.07 Å². The monoisotopic (exact) mass is 223 g/mol. The van der Waals surface area contributed by atoms with Gasteiger partial charge in [0.15, 0.2) is 0 Å². The van der Waals surface area contributed by atoms with E-state index in [1.54, 1.807) is 0 Å². The van der Waals surface area contributed by atoms with Crippen LogP contribution in [0.25, 0.3) is 11.0 Å². The van der Waals surface area contributed by atoms with Gasteiger partial charge < -0.3 is 14.6 Å². The lowest BCUT2D eigenvalue weighted by Crippen LogP contribution is -2.06. The summed E-state index contributed by atoms with van der Waals surface area (Å²) in [6.07, 6.45) is 0. The molecule has 7 nitrogen and oxygen atoms in total. The van der Waals surface area contributed by atoms with Gasteiger partial charge in [0.2, 0.25) is 5.75 Å². The Labute approximate surface area is 87.3 Å². The summed E-state index contributed by atoms with van der Waals surface area (Å²) in [4.78, 5) is 20.6. The fourth-order valence-corrected chi connectivity index (χ4v) is 1.32. The third-order valence-electron chi connectivity index (χ3n) is 2.02. The van der Waals surface area contributed by atoms with Crippen molar-refractivity contribution in [3.63, 3.8) is 0 Å². The normalized spacial score (nSPS) is 10.5. The molecule has 16 heavy (non-hydrogen) atoms. The quantitative estimate of drug-likeness (QED) is 0.425. The van der Waals surface area contributed by atoms with Gasteiger partial charge in [-0.05, 0) is 12.1 Å². The fraction of sp³-hybridized carbons (Fsp3) is 0. The van der Waals surface area contributed by atoms with Gasteiger partial charge in [-0.2, -0.15) is 0 Å². The lowest BCUT2D eigenvalue weighted by Gasteiger charge is -2.00. The molecule has 2 N–H and O–H groups in total. The van der Waals surface area contributed by atoms with Crippen LogP contribution >= 0.6 is 0 Å². The van der Waals surface area contributed by atoms with E-state index in [1.165, 1.54) is 12.1 Å². The zero-order valence-electron chi connectivity index (χ0n) is 7.71. The van der Waals surface area contributed by atoms with E-state index in [0.29, 0.717) is 0 Å². The molecule has 7 heteroatoms. The Morgan fingerprint density at radius 1 is 1.31 bits per heavy atom. The molecule has 2 aromatic rings. The van der Waals surface area contributed by atoms with Crippen molar-refractivity contribution < 1.29 is 19.6 Å². The van der Waals surface area contributed by atoms with Crippen LogP contribution in [0, 0.1) is 10.1 Å². The predicted molar refractivity (Wildman–Crippen MR) is 52.5 cm³/mol. The number of benzene rings is 1. The molecule has 1 heterocycles. The second-order valence-electron chi connectivity index (χ2n) is 3.02. The van der Waals surface area contributed by atoms with Crippen LogP contribution in [0.3, 0.4) is 0 Å². The van der Waals surface area contributed by atoms with Crippen molar-refractivity contribution in [1.82, 2.24) is 0 Å². The molecule has 0 saturated carbocycles. The van der Waals surface area contributed by atoms with Crippen LogP contribution in [-0.2, 0) is 0 Å². The number of hydrogen-bond donors (Lipinski definition) is 2. The van der Waals surface area contributed by atoms with Crippen LogP contribution in [-0.4, -0.2) is 15.1 Å². The van der Waals surface area contributed by atoms with Gasteiger partial charge in [-0.25, -0.2) is 4.79 Å². The number of rotatable bonds is 1. The molecule has 0 fully saturated rings. The Morgan fingerprint density at radius 2 is 2.00 bits per heavy atom. The molecular formula is C9H5NO6. The Balaban J connectivity index is 2.94. The number of fused-ring (bicyclic) bond motifs is 1. The maximum atomic E-state index is 11.2. The van der Waals surface area contributed by atoms with Crippen molar-refractivity contribution >= 4 is 16.7 Å². The highest BCUT2D eigenvalue weighted by Crippen LogP contribution is 2.32. The van der Waals surface area contributed by atoms with Crippen LogP contribution in [0.15, 0.2) is 27.4 Å². The topological polar surface area (TPSA) is 114 Å². The van der Waals surface area contributed by atoms with Crippen LogP contribution in [0.1, 0.15) is 0 Å². The summed E-state index contributed by atoms with van der Waals surface area (Å²) in [7, 11) is 0. The average Bonchev–Trinajstić information content (AvgIpc) is 2.15. The second-order valence-corrected chi connectivity index (χ2v) is 3.02. The number of nitro groups is 1. The van der Waals surface area contributed by atoms with Gasteiger partial charge in [0.25, 0.3) is 0 Å². The minimum Gasteiger partial charge on any atom is -0.508 e. The van der Waals surface area contributed by atoms with Gasteiger partial charge in [0, 0.05) is 6.07 Å². The maximum Gasteiger partial charge on any atom is 0.419 e. The molecule has 0 aliphatic rings. The van der Waals surface area contributed by atoms with Crippen LogP contribution in [0.2, 0.25) is 0 Å². The highest BCUT2D eigenvalue weighted by molar-refractivity contribution is 5.87. The van der Waals surface area contributed by atoms with Crippen molar-refractivity contribution in [2.75, 3.05) is 0 Å². The molecule has 1 aromatic heterocycles. The van der Waals surface area contributed by atoms with Crippen molar-refractivity contribution in [2.24, 2.45) is 0 Å². The summed E-state index contributed by atoms with van der Waals surface area (Å²) in [5.74, 6) is -0.944. The third-order valence-corrected chi connectivity index (χ3v) is 2.02. The Kier molecular flexibility index (Phi) is 2.01. The molecule has 0 radical (unpaired) electrons. The molecule has 0 saturated heterocycles. The number of aromatic hydroxyl groups is 2. The van der Waals surface area contributed by atoms with Crippen molar-refractivity contribution in [2.45, 2.75) is 0 Å². The van der Waals surface area contributed by atoms with E-state index in [9.17, 15) is 20.0 Å². The molecule has 0 atom stereocenters. The van der Waals surface area contributed by atoms with Crippen LogP contribution < -0.4 is 5.63 Å². The summed E-state index contributed by atoms with van der Waals surface area (Å²) in [6.45, 7) is 0. The summed E-state index contributed by atoms with van der Waals surface area (Å²) >= 11 is 0. The lowest BCUT2D eigenvalue weighted by atomic mass is 10.2. The number of phenols is 1. The van der Waals surface area contributed by atoms with E-state index in [1.807, 2.05) is 0 Å². The molecule has 0 aliphatic carbocycles. The smallest absolute Gasteiger partial charge is 0.419 e. The first-order valence-corrected chi connectivity index (χ1v) is 4.14. The van der Waals surface area contributed by atoms with Gasteiger partial charge >= 0.3 is 11.3 Å². The molecule has 0 bridgehead atoms. The fourth-order valence-electron chi connectivity index (χ4n) is 1.32. The van der Waals surface area contributed by atoms with Gasteiger partial charge in [0.05, 0.1) is 10.3 Å². The van der Waals surface area contributed by atoms with E-state index in [2.05, 4.69) is 4.42 Å². The Hall–Kier alpha value is -2.57. The van der Waals surface area contributed by atoms with Crippen molar-refractivity contribution in [3.8, 4) is 11.5 Å². The summed E-state index contributed by atoms with van der Waals surface area (Å²) in [5, 5.41) is 29.1. The summed E-state index contributed by atoms with van der Waals surface area (Å²) in [5.41, 5.74) is -2.40. The first-order chi connectivity index (χ1) is 7.50. The van der Waals surface area contributed by atoms with E-state index >= 15 is 0 Å². The summed E-state index contributed by atoms with van der Waals surface area (Å²) in [6, 6.07) is 3.52. The molecule has 82 valence electrons. The van der Waals surface area contributed by atoms with Gasteiger partial charge in [-0.15, -0.1) is 0 Å². The van der Waals surface area contributed by atoms with Crippen LogP contribution in [0.5, 0.6) is 11.5 Å². The van der Waals surface area contributed by atoms with Gasteiger partial charge in [-0.3, -0.25) is 10.1 Å². The zero-order valence-corrected chi connectivity index (χ0v) is 7.71.